The molecule has 1 unspecified atom stereocenters. The third-order valence-corrected chi connectivity index (χ3v) is 2.16. The summed E-state index contributed by atoms with van der Waals surface area (Å²) in [6, 6.07) is 0. The molecule has 15 heavy (non-hydrogen) atoms. The summed E-state index contributed by atoms with van der Waals surface area (Å²) in [5, 5.41) is 0. The predicted octanol–water partition coefficient (Wildman–Crippen LogP) is 0.124. The van der Waals surface area contributed by atoms with Crippen LogP contribution in [-0.2, 0) is 9.47 Å². The van der Waals surface area contributed by atoms with E-state index >= 15 is 0 Å². The first-order valence-corrected chi connectivity index (χ1v) is 4.93. The van der Waals surface area contributed by atoms with Crippen molar-refractivity contribution in [2.24, 2.45) is 5.73 Å². The minimum absolute atomic E-state index is 0.330. The Hall–Kier alpha value is -1.04. The molecule has 0 aromatic carbocycles. The van der Waals surface area contributed by atoms with Crippen molar-refractivity contribution in [2.75, 3.05) is 33.5 Å². The summed E-state index contributed by atoms with van der Waals surface area (Å²) in [7, 11) is 1.57. The molecule has 0 saturated carbocycles. The van der Waals surface area contributed by atoms with Crippen LogP contribution in [0.5, 0.6) is 0 Å². The summed E-state index contributed by atoms with van der Waals surface area (Å²) in [4.78, 5) is 4.14. The third kappa shape index (κ3) is 4.33. The first-order chi connectivity index (χ1) is 7.26. The van der Waals surface area contributed by atoms with Gasteiger partial charge in [0.25, 0.3) is 0 Å². The molecule has 0 aliphatic carbocycles. The van der Waals surface area contributed by atoms with Crippen molar-refractivity contribution in [3.63, 3.8) is 0 Å². The van der Waals surface area contributed by atoms with Crippen LogP contribution < -0.4 is 5.73 Å². The SMILES string of the molecule is C=CN1C=CN(CCOCC(N)OC)C1. The minimum Gasteiger partial charge on any atom is -0.375 e. The van der Waals surface area contributed by atoms with Crippen LogP contribution in [0.15, 0.2) is 25.2 Å². The Morgan fingerprint density at radius 2 is 2.40 bits per heavy atom. The maximum absolute atomic E-state index is 5.51. The smallest absolute Gasteiger partial charge is 0.128 e. The molecule has 0 aromatic rings. The van der Waals surface area contributed by atoms with Gasteiger partial charge in [0.05, 0.1) is 19.9 Å². The van der Waals surface area contributed by atoms with Gasteiger partial charge in [0, 0.05) is 26.1 Å². The molecule has 0 amide bonds. The second-order valence-electron chi connectivity index (χ2n) is 3.30. The van der Waals surface area contributed by atoms with Crippen LogP contribution in [-0.4, -0.2) is 49.6 Å². The highest BCUT2D eigenvalue weighted by Gasteiger charge is 2.08. The lowest BCUT2D eigenvalue weighted by Gasteiger charge is -2.18. The first kappa shape index (κ1) is 12.0. The van der Waals surface area contributed by atoms with E-state index in [0.29, 0.717) is 13.2 Å². The molecular weight excluding hydrogens is 194 g/mol. The molecule has 1 atom stereocenters. The zero-order valence-corrected chi connectivity index (χ0v) is 9.13. The van der Waals surface area contributed by atoms with Crippen LogP contribution in [0.4, 0.5) is 0 Å². The lowest BCUT2D eigenvalue weighted by atomic mass is 10.6. The second kappa shape index (κ2) is 6.44. The van der Waals surface area contributed by atoms with Crippen LogP contribution in [0.1, 0.15) is 0 Å². The molecule has 0 radical (unpaired) electrons. The molecule has 0 aromatic heterocycles. The Bertz CT molecular complexity index is 221. The van der Waals surface area contributed by atoms with Gasteiger partial charge in [0.2, 0.25) is 0 Å². The topological polar surface area (TPSA) is 51.0 Å². The summed E-state index contributed by atoms with van der Waals surface area (Å²) < 4.78 is 10.2. The molecule has 1 aliphatic rings. The van der Waals surface area contributed by atoms with E-state index in [9.17, 15) is 0 Å². The molecule has 1 aliphatic heterocycles. The number of hydrogen-bond donors (Lipinski definition) is 1. The van der Waals surface area contributed by atoms with E-state index in [1.807, 2.05) is 17.3 Å². The van der Waals surface area contributed by atoms with Crippen LogP contribution in [0.2, 0.25) is 0 Å². The van der Waals surface area contributed by atoms with E-state index in [-0.39, 0.29) is 6.23 Å². The zero-order valence-electron chi connectivity index (χ0n) is 9.13. The molecule has 0 saturated heterocycles. The van der Waals surface area contributed by atoms with Crippen molar-refractivity contribution >= 4 is 0 Å². The fourth-order valence-corrected chi connectivity index (χ4v) is 1.20. The fourth-order valence-electron chi connectivity index (χ4n) is 1.20. The monoisotopic (exact) mass is 213 g/mol. The van der Waals surface area contributed by atoms with E-state index < -0.39 is 0 Å². The van der Waals surface area contributed by atoms with Gasteiger partial charge in [-0.05, 0) is 6.20 Å². The van der Waals surface area contributed by atoms with E-state index in [1.54, 1.807) is 13.3 Å². The zero-order chi connectivity index (χ0) is 11.1. The van der Waals surface area contributed by atoms with Gasteiger partial charge in [-0.15, -0.1) is 0 Å². The molecule has 5 nitrogen and oxygen atoms in total. The van der Waals surface area contributed by atoms with Crippen LogP contribution >= 0.6 is 0 Å². The Balaban J connectivity index is 2.02. The Labute approximate surface area is 90.7 Å². The highest BCUT2D eigenvalue weighted by molar-refractivity contribution is 4.94. The van der Waals surface area contributed by atoms with Crippen molar-refractivity contribution in [2.45, 2.75) is 6.23 Å². The van der Waals surface area contributed by atoms with Crippen LogP contribution in [0.3, 0.4) is 0 Å². The summed E-state index contributed by atoms with van der Waals surface area (Å²) in [6.07, 6.45) is 5.46. The maximum Gasteiger partial charge on any atom is 0.128 e. The highest BCUT2D eigenvalue weighted by Crippen LogP contribution is 2.05. The summed E-state index contributed by atoms with van der Waals surface area (Å²) in [5.74, 6) is 0. The lowest BCUT2D eigenvalue weighted by Crippen LogP contribution is -2.30. The number of hydrogen-bond acceptors (Lipinski definition) is 5. The minimum atomic E-state index is -0.330. The van der Waals surface area contributed by atoms with E-state index in [4.69, 9.17) is 15.2 Å². The number of nitrogens with two attached hydrogens (primary N) is 1. The standard InChI is InChI=1S/C10H19N3O2/c1-3-12-4-5-13(9-12)6-7-15-8-10(11)14-2/h3-5,10H,1,6-9,11H2,2H3. The van der Waals surface area contributed by atoms with Crippen LogP contribution in [0.25, 0.3) is 0 Å². The Morgan fingerprint density at radius 3 is 3.00 bits per heavy atom. The van der Waals surface area contributed by atoms with E-state index in [0.717, 1.165) is 13.2 Å². The van der Waals surface area contributed by atoms with Crippen molar-refractivity contribution in [3.05, 3.63) is 25.2 Å². The molecule has 1 heterocycles. The van der Waals surface area contributed by atoms with Gasteiger partial charge in [0.15, 0.2) is 0 Å². The largest absolute Gasteiger partial charge is 0.375 e. The molecule has 0 fully saturated rings. The molecular formula is C10H19N3O2. The van der Waals surface area contributed by atoms with Crippen molar-refractivity contribution in [3.8, 4) is 0 Å². The van der Waals surface area contributed by atoms with Gasteiger partial charge in [-0.2, -0.15) is 0 Å². The molecule has 5 heteroatoms. The summed E-state index contributed by atoms with van der Waals surface area (Å²) >= 11 is 0. The van der Waals surface area contributed by atoms with E-state index in [2.05, 4.69) is 11.5 Å². The van der Waals surface area contributed by atoms with Gasteiger partial charge in [-0.3, -0.25) is 0 Å². The second-order valence-corrected chi connectivity index (χ2v) is 3.30. The van der Waals surface area contributed by atoms with Crippen molar-refractivity contribution < 1.29 is 9.47 Å². The number of nitrogens with zero attached hydrogens (tertiary/aromatic N) is 2. The molecule has 0 bridgehead atoms. The van der Waals surface area contributed by atoms with Gasteiger partial charge in [-0.1, -0.05) is 6.58 Å². The lowest BCUT2D eigenvalue weighted by molar-refractivity contribution is 0.00790. The Morgan fingerprint density at radius 1 is 1.60 bits per heavy atom. The first-order valence-electron chi connectivity index (χ1n) is 4.93. The average molecular weight is 213 g/mol. The summed E-state index contributed by atoms with van der Waals surface area (Å²) in [5.41, 5.74) is 5.51. The summed E-state index contributed by atoms with van der Waals surface area (Å²) in [6.45, 7) is 6.45. The molecule has 2 N–H and O–H groups in total. The van der Waals surface area contributed by atoms with Crippen LogP contribution in [0, 0.1) is 0 Å². The van der Waals surface area contributed by atoms with E-state index in [1.165, 1.54) is 0 Å². The van der Waals surface area contributed by atoms with Crippen molar-refractivity contribution in [1.82, 2.24) is 9.80 Å². The fraction of sp³-hybridized carbons (Fsp3) is 0.600. The quantitative estimate of drug-likeness (QED) is 0.481. The Kier molecular flexibility index (Phi) is 5.17. The van der Waals surface area contributed by atoms with Crippen molar-refractivity contribution in [1.29, 1.82) is 0 Å². The number of rotatable bonds is 7. The normalized spacial score (nSPS) is 17.2. The molecule has 86 valence electrons. The number of ether oxygens (including phenoxy) is 2. The average Bonchev–Trinajstić information content (AvgIpc) is 2.72. The molecule has 0 spiro atoms. The van der Waals surface area contributed by atoms with Gasteiger partial charge >= 0.3 is 0 Å². The highest BCUT2D eigenvalue weighted by atomic mass is 16.5. The molecule has 1 rings (SSSR count). The van der Waals surface area contributed by atoms with Gasteiger partial charge in [0.1, 0.15) is 6.23 Å². The van der Waals surface area contributed by atoms with Gasteiger partial charge in [-0.25, -0.2) is 0 Å². The predicted molar refractivity (Wildman–Crippen MR) is 58.6 cm³/mol. The maximum atomic E-state index is 5.51. The number of methoxy groups -OCH3 is 1. The van der Waals surface area contributed by atoms with Gasteiger partial charge < -0.3 is 25.0 Å². The third-order valence-electron chi connectivity index (χ3n) is 2.16.